The SMILES string of the molecule is O=C1COc2cc(CC3CCNC3)ccc2N1. The molecule has 1 aromatic rings. The fraction of sp³-hybridized carbons (Fsp3) is 0.462. The predicted molar refractivity (Wildman–Crippen MR) is 65.2 cm³/mol. The maximum atomic E-state index is 11.1. The van der Waals surface area contributed by atoms with Crippen LogP contribution >= 0.6 is 0 Å². The van der Waals surface area contributed by atoms with Crippen LogP contribution in [-0.4, -0.2) is 25.6 Å². The van der Waals surface area contributed by atoms with Crippen LogP contribution in [0.1, 0.15) is 12.0 Å². The first-order valence-corrected chi connectivity index (χ1v) is 6.07. The van der Waals surface area contributed by atoms with Gasteiger partial charge in [0.25, 0.3) is 5.91 Å². The number of ether oxygens (including phenoxy) is 1. The molecule has 1 saturated heterocycles. The minimum atomic E-state index is -0.0785. The zero-order valence-electron chi connectivity index (χ0n) is 9.66. The Hall–Kier alpha value is -1.55. The van der Waals surface area contributed by atoms with E-state index in [4.69, 9.17) is 4.74 Å². The monoisotopic (exact) mass is 232 g/mol. The number of hydrogen-bond acceptors (Lipinski definition) is 3. The highest BCUT2D eigenvalue weighted by Gasteiger charge is 2.18. The highest BCUT2D eigenvalue weighted by atomic mass is 16.5. The van der Waals surface area contributed by atoms with Crippen LogP contribution in [-0.2, 0) is 11.2 Å². The van der Waals surface area contributed by atoms with Crippen molar-refractivity contribution in [3.05, 3.63) is 23.8 Å². The number of carbonyl (C=O) groups is 1. The van der Waals surface area contributed by atoms with E-state index in [9.17, 15) is 4.79 Å². The number of carbonyl (C=O) groups excluding carboxylic acids is 1. The standard InChI is InChI=1S/C13H16N2O2/c16-13-8-17-12-6-9(1-2-11(12)15-13)5-10-3-4-14-7-10/h1-2,6,10,14H,3-5,7-8H2,(H,15,16). The van der Waals surface area contributed by atoms with Gasteiger partial charge >= 0.3 is 0 Å². The highest BCUT2D eigenvalue weighted by molar-refractivity contribution is 5.95. The van der Waals surface area contributed by atoms with Gasteiger partial charge in [-0.15, -0.1) is 0 Å². The molecule has 2 aliphatic rings. The summed E-state index contributed by atoms with van der Waals surface area (Å²) in [6, 6.07) is 6.06. The molecule has 2 aliphatic heterocycles. The lowest BCUT2D eigenvalue weighted by Gasteiger charge is -2.19. The summed E-state index contributed by atoms with van der Waals surface area (Å²) >= 11 is 0. The zero-order chi connectivity index (χ0) is 11.7. The molecular formula is C13H16N2O2. The van der Waals surface area contributed by atoms with Crippen molar-refractivity contribution in [3.63, 3.8) is 0 Å². The molecule has 4 nitrogen and oxygen atoms in total. The lowest BCUT2D eigenvalue weighted by molar-refractivity contribution is -0.118. The van der Waals surface area contributed by atoms with Gasteiger partial charge in [0, 0.05) is 0 Å². The van der Waals surface area contributed by atoms with E-state index in [-0.39, 0.29) is 12.5 Å². The molecular weight excluding hydrogens is 216 g/mol. The molecule has 2 N–H and O–H groups in total. The minimum Gasteiger partial charge on any atom is -0.482 e. The van der Waals surface area contributed by atoms with Crippen LogP contribution in [0.5, 0.6) is 5.75 Å². The molecule has 1 atom stereocenters. The van der Waals surface area contributed by atoms with E-state index in [2.05, 4.69) is 16.7 Å². The Labute approximate surface area is 100 Å². The highest BCUT2D eigenvalue weighted by Crippen LogP contribution is 2.29. The second-order valence-corrected chi connectivity index (χ2v) is 4.73. The van der Waals surface area contributed by atoms with Gasteiger partial charge in [-0.05, 0) is 49.5 Å². The van der Waals surface area contributed by atoms with Crippen molar-refractivity contribution < 1.29 is 9.53 Å². The number of anilines is 1. The number of hydrogen-bond donors (Lipinski definition) is 2. The van der Waals surface area contributed by atoms with Crippen LogP contribution in [0.25, 0.3) is 0 Å². The normalized spacial score (nSPS) is 22.8. The van der Waals surface area contributed by atoms with Crippen molar-refractivity contribution in [2.75, 3.05) is 25.0 Å². The molecule has 1 unspecified atom stereocenters. The van der Waals surface area contributed by atoms with Crippen LogP contribution in [0.15, 0.2) is 18.2 Å². The molecule has 0 aromatic heterocycles. The molecule has 90 valence electrons. The summed E-state index contributed by atoms with van der Waals surface area (Å²) in [5.41, 5.74) is 2.07. The molecule has 1 aromatic carbocycles. The molecule has 0 radical (unpaired) electrons. The Kier molecular flexibility index (Phi) is 2.73. The molecule has 0 aliphatic carbocycles. The van der Waals surface area contributed by atoms with Crippen molar-refractivity contribution in [1.29, 1.82) is 0 Å². The minimum absolute atomic E-state index is 0.0785. The molecule has 17 heavy (non-hydrogen) atoms. The molecule has 0 spiro atoms. The molecule has 1 fully saturated rings. The molecule has 2 heterocycles. The summed E-state index contributed by atoms with van der Waals surface area (Å²) in [6.07, 6.45) is 2.33. The van der Waals surface area contributed by atoms with Crippen molar-refractivity contribution in [3.8, 4) is 5.75 Å². The number of rotatable bonds is 2. The first-order chi connectivity index (χ1) is 8.31. The fourth-order valence-corrected chi connectivity index (χ4v) is 2.47. The fourth-order valence-electron chi connectivity index (χ4n) is 2.47. The second kappa shape index (κ2) is 4.37. The smallest absolute Gasteiger partial charge is 0.262 e. The van der Waals surface area contributed by atoms with E-state index in [1.54, 1.807) is 0 Å². The van der Waals surface area contributed by atoms with Crippen molar-refractivity contribution >= 4 is 11.6 Å². The van der Waals surface area contributed by atoms with E-state index in [0.29, 0.717) is 0 Å². The van der Waals surface area contributed by atoms with Gasteiger partial charge in [0.15, 0.2) is 6.61 Å². The summed E-state index contributed by atoms with van der Waals surface area (Å²) in [5, 5.41) is 6.18. The summed E-state index contributed by atoms with van der Waals surface area (Å²) in [6.45, 7) is 2.36. The quantitative estimate of drug-likeness (QED) is 0.804. The van der Waals surface area contributed by atoms with Crippen LogP contribution in [0.2, 0.25) is 0 Å². The lowest BCUT2D eigenvalue weighted by Crippen LogP contribution is -2.25. The summed E-state index contributed by atoms with van der Waals surface area (Å²) in [4.78, 5) is 11.1. The second-order valence-electron chi connectivity index (χ2n) is 4.73. The Balaban J connectivity index is 1.76. The first kappa shape index (κ1) is 10.6. The molecule has 1 amide bonds. The average molecular weight is 232 g/mol. The zero-order valence-corrected chi connectivity index (χ0v) is 9.66. The number of benzene rings is 1. The van der Waals surface area contributed by atoms with Gasteiger partial charge in [0.1, 0.15) is 5.75 Å². The van der Waals surface area contributed by atoms with Crippen LogP contribution in [0.4, 0.5) is 5.69 Å². The van der Waals surface area contributed by atoms with Crippen LogP contribution < -0.4 is 15.4 Å². The van der Waals surface area contributed by atoms with Gasteiger partial charge in [-0.25, -0.2) is 0 Å². The summed E-state index contributed by atoms with van der Waals surface area (Å²) in [5.74, 6) is 1.45. The Morgan fingerprint density at radius 3 is 3.18 bits per heavy atom. The van der Waals surface area contributed by atoms with Crippen molar-refractivity contribution in [1.82, 2.24) is 5.32 Å². The van der Waals surface area contributed by atoms with Crippen molar-refractivity contribution in [2.45, 2.75) is 12.8 Å². The summed E-state index contributed by atoms with van der Waals surface area (Å²) in [7, 11) is 0. The third-order valence-corrected chi connectivity index (χ3v) is 3.37. The third-order valence-electron chi connectivity index (χ3n) is 3.37. The Morgan fingerprint density at radius 1 is 1.41 bits per heavy atom. The topological polar surface area (TPSA) is 50.4 Å². The Bertz CT molecular complexity index is 439. The maximum absolute atomic E-state index is 11.1. The largest absolute Gasteiger partial charge is 0.482 e. The molecule has 3 rings (SSSR count). The van der Waals surface area contributed by atoms with Gasteiger partial charge in [0.2, 0.25) is 0 Å². The van der Waals surface area contributed by atoms with E-state index in [1.165, 1.54) is 12.0 Å². The van der Waals surface area contributed by atoms with E-state index >= 15 is 0 Å². The van der Waals surface area contributed by atoms with E-state index < -0.39 is 0 Å². The predicted octanol–water partition coefficient (Wildman–Crippen LogP) is 1.17. The Morgan fingerprint density at radius 2 is 2.35 bits per heavy atom. The van der Waals surface area contributed by atoms with Gasteiger partial charge < -0.3 is 15.4 Å². The third kappa shape index (κ3) is 2.26. The van der Waals surface area contributed by atoms with Gasteiger partial charge in [-0.1, -0.05) is 6.07 Å². The van der Waals surface area contributed by atoms with E-state index in [1.807, 2.05) is 12.1 Å². The van der Waals surface area contributed by atoms with Crippen LogP contribution in [0, 0.1) is 5.92 Å². The molecule has 0 bridgehead atoms. The first-order valence-electron chi connectivity index (χ1n) is 6.07. The number of amides is 1. The van der Waals surface area contributed by atoms with Gasteiger partial charge in [-0.3, -0.25) is 4.79 Å². The summed E-state index contributed by atoms with van der Waals surface area (Å²) < 4.78 is 5.41. The van der Waals surface area contributed by atoms with Gasteiger partial charge in [-0.2, -0.15) is 0 Å². The molecule has 0 saturated carbocycles. The van der Waals surface area contributed by atoms with Crippen molar-refractivity contribution in [2.24, 2.45) is 5.92 Å². The number of nitrogens with one attached hydrogen (secondary N) is 2. The average Bonchev–Trinajstić information content (AvgIpc) is 2.82. The van der Waals surface area contributed by atoms with E-state index in [0.717, 1.165) is 36.9 Å². The van der Waals surface area contributed by atoms with Gasteiger partial charge in [0.05, 0.1) is 5.69 Å². The number of fused-ring (bicyclic) bond motifs is 1. The lowest BCUT2D eigenvalue weighted by atomic mass is 9.98. The van der Waals surface area contributed by atoms with Crippen LogP contribution in [0.3, 0.4) is 0 Å². The molecule has 4 heteroatoms. The maximum Gasteiger partial charge on any atom is 0.262 e.